The highest BCUT2D eigenvalue weighted by molar-refractivity contribution is 6.25. The SMILES string of the molecule is c1ccc(-c2nc(-c3ccccc3)nc(-c3cccc(-c4ccc(-c5cccc6c5oc5c6ccc6c(-c7ccccc7)nc7ccccc7c65)cc4)c3)n2)cc1. The first kappa shape index (κ1) is 32.7. The molecule has 0 fully saturated rings. The Bertz CT molecular complexity index is 3210. The molecule has 0 aliphatic heterocycles. The molecule has 5 heteroatoms. The topological polar surface area (TPSA) is 64.7 Å². The minimum absolute atomic E-state index is 0.629. The number of para-hydroxylation sites is 2. The van der Waals surface area contributed by atoms with Crippen LogP contribution in [-0.2, 0) is 0 Å². The molecule has 0 amide bonds. The van der Waals surface area contributed by atoms with Crippen LogP contribution >= 0.6 is 0 Å². The van der Waals surface area contributed by atoms with Crippen molar-refractivity contribution in [2.45, 2.75) is 0 Å². The lowest BCUT2D eigenvalue weighted by atomic mass is 9.96. The smallest absolute Gasteiger partial charge is 0.164 e. The van der Waals surface area contributed by atoms with Crippen molar-refractivity contribution < 1.29 is 4.42 Å². The average Bonchev–Trinajstić information content (AvgIpc) is 3.69. The summed E-state index contributed by atoms with van der Waals surface area (Å²) in [4.78, 5) is 19.9. The van der Waals surface area contributed by atoms with Gasteiger partial charge in [-0.15, -0.1) is 0 Å². The van der Waals surface area contributed by atoms with Crippen molar-refractivity contribution in [3.8, 4) is 67.7 Å². The molecule has 0 aliphatic rings. The zero-order valence-corrected chi connectivity index (χ0v) is 30.7. The molecule has 8 aromatic carbocycles. The summed E-state index contributed by atoms with van der Waals surface area (Å²) in [6.45, 7) is 0. The fourth-order valence-corrected chi connectivity index (χ4v) is 7.95. The van der Waals surface area contributed by atoms with E-state index in [2.05, 4.69) is 121 Å². The normalized spacial score (nSPS) is 11.5. The maximum Gasteiger partial charge on any atom is 0.164 e. The minimum Gasteiger partial charge on any atom is -0.455 e. The first-order valence-electron chi connectivity index (χ1n) is 19.1. The molecule has 0 saturated carbocycles. The summed E-state index contributed by atoms with van der Waals surface area (Å²) in [5.41, 5.74) is 11.8. The fourth-order valence-electron chi connectivity index (χ4n) is 7.95. The summed E-state index contributed by atoms with van der Waals surface area (Å²) in [7, 11) is 0. The molecule has 11 aromatic rings. The minimum atomic E-state index is 0.629. The van der Waals surface area contributed by atoms with Gasteiger partial charge in [0.2, 0.25) is 0 Å². The van der Waals surface area contributed by atoms with Gasteiger partial charge in [-0.05, 0) is 34.9 Å². The van der Waals surface area contributed by atoms with E-state index in [0.29, 0.717) is 17.5 Å². The van der Waals surface area contributed by atoms with Crippen molar-refractivity contribution >= 4 is 43.6 Å². The Balaban J connectivity index is 0.996. The molecule has 0 bridgehead atoms. The molecule has 0 aliphatic carbocycles. The highest BCUT2D eigenvalue weighted by Gasteiger charge is 2.19. The van der Waals surface area contributed by atoms with Gasteiger partial charge in [0.1, 0.15) is 11.2 Å². The van der Waals surface area contributed by atoms with Crippen molar-refractivity contribution in [3.05, 3.63) is 194 Å². The van der Waals surface area contributed by atoms with Gasteiger partial charge in [0, 0.05) is 54.7 Å². The molecular formula is C52H32N4O. The molecule has 0 saturated heterocycles. The van der Waals surface area contributed by atoms with Gasteiger partial charge in [0.15, 0.2) is 17.5 Å². The van der Waals surface area contributed by atoms with Crippen LogP contribution in [0.25, 0.3) is 111 Å². The van der Waals surface area contributed by atoms with E-state index in [0.717, 1.165) is 93.8 Å². The van der Waals surface area contributed by atoms with Gasteiger partial charge in [-0.25, -0.2) is 19.9 Å². The Morgan fingerprint density at radius 2 is 0.807 bits per heavy atom. The summed E-state index contributed by atoms with van der Waals surface area (Å²) >= 11 is 0. The third kappa shape index (κ3) is 5.72. The number of pyridine rings is 1. The highest BCUT2D eigenvalue weighted by atomic mass is 16.3. The second-order valence-electron chi connectivity index (χ2n) is 14.2. The van der Waals surface area contributed by atoms with Crippen molar-refractivity contribution in [1.29, 1.82) is 0 Å². The standard InChI is InChI=1S/C52H32N4O/c1-4-14-35(15-5-1)47-44-31-30-42-41-24-13-23-40(48(41)57-49(42)46(44)43-22-10-11-25-45(43)53-47)34-28-26-33(27-29-34)38-20-12-21-39(32-38)52-55-50(36-16-6-2-7-17-36)54-51(56-52)37-18-8-3-9-19-37/h1-32H. The summed E-state index contributed by atoms with van der Waals surface area (Å²) in [5.74, 6) is 1.91. The van der Waals surface area contributed by atoms with E-state index < -0.39 is 0 Å². The third-order valence-corrected chi connectivity index (χ3v) is 10.7. The lowest BCUT2D eigenvalue weighted by molar-refractivity contribution is 0.674. The molecule has 0 spiro atoms. The van der Waals surface area contributed by atoms with E-state index in [-0.39, 0.29) is 0 Å². The van der Waals surface area contributed by atoms with E-state index in [9.17, 15) is 0 Å². The summed E-state index contributed by atoms with van der Waals surface area (Å²) < 4.78 is 6.97. The summed E-state index contributed by atoms with van der Waals surface area (Å²) in [5, 5.41) is 5.41. The molecule has 0 unspecified atom stereocenters. The Hall–Kier alpha value is -7.76. The summed E-state index contributed by atoms with van der Waals surface area (Å²) in [6, 6.07) is 66.8. The van der Waals surface area contributed by atoms with E-state index in [1.54, 1.807) is 0 Å². The maximum absolute atomic E-state index is 6.97. The molecule has 5 nitrogen and oxygen atoms in total. The largest absolute Gasteiger partial charge is 0.455 e. The monoisotopic (exact) mass is 728 g/mol. The lowest BCUT2D eigenvalue weighted by Gasteiger charge is -2.10. The maximum atomic E-state index is 6.97. The molecule has 11 rings (SSSR count). The van der Waals surface area contributed by atoms with E-state index in [1.165, 1.54) is 0 Å². The Kier molecular flexibility index (Phi) is 7.74. The highest BCUT2D eigenvalue weighted by Crippen LogP contribution is 2.43. The third-order valence-electron chi connectivity index (χ3n) is 10.7. The van der Waals surface area contributed by atoms with E-state index in [1.807, 2.05) is 72.8 Å². The van der Waals surface area contributed by atoms with E-state index >= 15 is 0 Å². The number of nitrogens with zero attached hydrogens (tertiary/aromatic N) is 4. The number of aromatic nitrogens is 4. The van der Waals surface area contributed by atoms with Crippen molar-refractivity contribution in [2.24, 2.45) is 0 Å². The van der Waals surface area contributed by atoms with Crippen LogP contribution in [0, 0.1) is 0 Å². The van der Waals surface area contributed by atoms with E-state index in [4.69, 9.17) is 24.4 Å². The fraction of sp³-hybridized carbons (Fsp3) is 0. The van der Waals surface area contributed by atoms with Crippen molar-refractivity contribution in [3.63, 3.8) is 0 Å². The van der Waals surface area contributed by atoms with Gasteiger partial charge in [-0.2, -0.15) is 0 Å². The molecule has 3 aromatic heterocycles. The lowest BCUT2D eigenvalue weighted by Crippen LogP contribution is -2.00. The van der Waals surface area contributed by atoms with Gasteiger partial charge in [0.05, 0.1) is 11.2 Å². The van der Waals surface area contributed by atoms with Gasteiger partial charge in [-0.3, -0.25) is 0 Å². The predicted molar refractivity (Wildman–Crippen MR) is 233 cm³/mol. The average molecular weight is 729 g/mol. The van der Waals surface area contributed by atoms with Gasteiger partial charge in [-0.1, -0.05) is 176 Å². The molecule has 0 N–H and O–H groups in total. The van der Waals surface area contributed by atoms with Crippen LogP contribution in [0.4, 0.5) is 0 Å². The Labute approximate surface area is 328 Å². The van der Waals surface area contributed by atoms with Crippen LogP contribution in [0.2, 0.25) is 0 Å². The quantitative estimate of drug-likeness (QED) is 0.160. The number of furan rings is 1. The zero-order chi connectivity index (χ0) is 37.7. The molecular weight excluding hydrogens is 697 g/mol. The zero-order valence-electron chi connectivity index (χ0n) is 30.7. The first-order chi connectivity index (χ1) is 28.2. The van der Waals surface area contributed by atoms with Crippen LogP contribution in [0.3, 0.4) is 0 Å². The number of fused-ring (bicyclic) bond motifs is 7. The second kappa shape index (κ2) is 13.5. The molecule has 57 heavy (non-hydrogen) atoms. The predicted octanol–water partition coefficient (Wildman–Crippen LogP) is 13.5. The second-order valence-corrected chi connectivity index (χ2v) is 14.2. The van der Waals surface area contributed by atoms with Gasteiger partial charge in [0.25, 0.3) is 0 Å². The van der Waals surface area contributed by atoms with Crippen LogP contribution in [0.5, 0.6) is 0 Å². The van der Waals surface area contributed by atoms with Crippen LogP contribution in [0.15, 0.2) is 199 Å². The number of hydrogen-bond acceptors (Lipinski definition) is 5. The number of rotatable bonds is 6. The summed E-state index contributed by atoms with van der Waals surface area (Å²) in [6.07, 6.45) is 0. The number of benzene rings is 8. The molecule has 3 heterocycles. The molecule has 266 valence electrons. The van der Waals surface area contributed by atoms with Gasteiger partial charge < -0.3 is 4.42 Å². The molecule has 0 radical (unpaired) electrons. The van der Waals surface area contributed by atoms with Crippen LogP contribution in [-0.4, -0.2) is 19.9 Å². The number of hydrogen-bond donors (Lipinski definition) is 0. The first-order valence-corrected chi connectivity index (χ1v) is 19.1. The Morgan fingerprint density at radius 3 is 1.51 bits per heavy atom. The van der Waals surface area contributed by atoms with Crippen LogP contribution in [0.1, 0.15) is 0 Å². The van der Waals surface area contributed by atoms with Crippen LogP contribution < -0.4 is 0 Å². The van der Waals surface area contributed by atoms with Gasteiger partial charge >= 0.3 is 0 Å². The van der Waals surface area contributed by atoms with Crippen molar-refractivity contribution in [2.75, 3.05) is 0 Å². The molecule has 0 atom stereocenters. The Morgan fingerprint density at radius 1 is 0.298 bits per heavy atom. The van der Waals surface area contributed by atoms with Crippen molar-refractivity contribution in [1.82, 2.24) is 19.9 Å².